The van der Waals surface area contributed by atoms with Gasteiger partial charge in [0.05, 0.1) is 0 Å². The number of likely N-dealkylation sites (tertiary alicyclic amines) is 1. The van der Waals surface area contributed by atoms with E-state index in [4.69, 9.17) is 0 Å². The van der Waals surface area contributed by atoms with Gasteiger partial charge in [-0.15, -0.1) is 0 Å². The third-order valence-corrected chi connectivity index (χ3v) is 2.52. The van der Waals surface area contributed by atoms with E-state index in [-0.39, 0.29) is 0 Å². The van der Waals surface area contributed by atoms with Gasteiger partial charge >= 0.3 is 0 Å². The molecule has 1 nitrogen and oxygen atoms in total. The molecule has 0 aromatic heterocycles. The Morgan fingerprint density at radius 2 is 2.00 bits per heavy atom. The predicted molar refractivity (Wildman–Crippen MR) is 33.8 cm³/mol. The summed E-state index contributed by atoms with van der Waals surface area (Å²) in [4.78, 5) is 2.52. The zero-order valence-electron chi connectivity index (χ0n) is 5.48. The van der Waals surface area contributed by atoms with Crippen LogP contribution in [0.2, 0.25) is 0 Å². The Labute approximate surface area is 50.7 Å². The molecule has 1 aliphatic heterocycles. The molecule has 0 atom stereocenters. The lowest BCUT2D eigenvalue weighted by Crippen LogP contribution is -2.47. The molecule has 0 N–H and O–H groups in total. The van der Waals surface area contributed by atoms with Crippen molar-refractivity contribution in [1.29, 1.82) is 0 Å². The van der Waals surface area contributed by atoms with Crippen molar-refractivity contribution in [3.63, 3.8) is 0 Å². The summed E-state index contributed by atoms with van der Waals surface area (Å²) in [5.74, 6) is 0. The Morgan fingerprint density at radius 1 is 1.38 bits per heavy atom. The lowest BCUT2D eigenvalue weighted by molar-refractivity contribution is 0.0886. The molecule has 1 heterocycles. The van der Waals surface area contributed by atoms with Gasteiger partial charge in [0.15, 0.2) is 0 Å². The first-order valence-electron chi connectivity index (χ1n) is 3.57. The topological polar surface area (TPSA) is 3.24 Å². The summed E-state index contributed by atoms with van der Waals surface area (Å²) >= 11 is 0. The summed E-state index contributed by atoms with van der Waals surface area (Å²) in [5, 5.41) is 0. The van der Waals surface area contributed by atoms with Crippen LogP contribution in [0.25, 0.3) is 0 Å². The molecule has 0 aromatic rings. The highest BCUT2D eigenvalue weighted by Crippen LogP contribution is 2.52. The summed E-state index contributed by atoms with van der Waals surface area (Å²) in [6.07, 6.45) is 3.03. The summed E-state index contributed by atoms with van der Waals surface area (Å²) in [6.45, 7) is 6.32. The predicted octanol–water partition coefficient (Wildman–Crippen LogP) is 1.10. The Bertz CT molecular complexity index is 97.0. The molecular formula is C7H13N. The fraction of sp³-hybridized carbons (Fsp3) is 1.00. The van der Waals surface area contributed by atoms with Gasteiger partial charge in [-0.25, -0.2) is 0 Å². The smallest absolute Gasteiger partial charge is 0.00504 e. The van der Waals surface area contributed by atoms with Crippen LogP contribution >= 0.6 is 0 Å². The van der Waals surface area contributed by atoms with Crippen molar-refractivity contribution >= 4 is 0 Å². The molecule has 0 unspecified atom stereocenters. The van der Waals surface area contributed by atoms with Gasteiger partial charge in [0.1, 0.15) is 0 Å². The first kappa shape index (κ1) is 4.80. The van der Waals surface area contributed by atoms with E-state index < -0.39 is 0 Å². The molecule has 0 aromatic carbocycles. The van der Waals surface area contributed by atoms with Gasteiger partial charge in [0.2, 0.25) is 0 Å². The van der Waals surface area contributed by atoms with Crippen molar-refractivity contribution < 1.29 is 0 Å². The Kier molecular flexibility index (Phi) is 0.762. The Hall–Kier alpha value is -0.0400. The zero-order chi connectivity index (χ0) is 5.61. The van der Waals surface area contributed by atoms with Gasteiger partial charge < -0.3 is 4.90 Å². The number of rotatable bonds is 1. The highest BCUT2D eigenvalue weighted by molar-refractivity contribution is 5.04. The fourth-order valence-electron chi connectivity index (χ4n) is 1.62. The Balaban J connectivity index is 1.84. The second kappa shape index (κ2) is 1.27. The van der Waals surface area contributed by atoms with Crippen molar-refractivity contribution in [2.75, 3.05) is 19.6 Å². The average molecular weight is 111 g/mol. The second-order valence-corrected chi connectivity index (χ2v) is 3.30. The maximum atomic E-state index is 2.52. The largest absolute Gasteiger partial charge is 0.302 e. The lowest BCUT2D eigenvalue weighted by Gasteiger charge is -2.39. The van der Waals surface area contributed by atoms with Crippen molar-refractivity contribution in [3.8, 4) is 0 Å². The van der Waals surface area contributed by atoms with E-state index in [0.717, 1.165) is 5.41 Å². The molecule has 1 saturated carbocycles. The molecule has 0 radical (unpaired) electrons. The van der Waals surface area contributed by atoms with Gasteiger partial charge in [0.25, 0.3) is 0 Å². The molecule has 2 rings (SSSR count). The first-order valence-corrected chi connectivity index (χ1v) is 3.57. The van der Waals surface area contributed by atoms with Gasteiger partial charge in [-0.3, -0.25) is 0 Å². The second-order valence-electron chi connectivity index (χ2n) is 3.30. The third-order valence-electron chi connectivity index (χ3n) is 2.52. The maximum absolute atomic E-state index is 2.52. The van der Waals surface area contributed by atoms with Crippen LogP contribution in [-0.4, -0.2) is 24.5 Å². The number of hydrogen-bond acceptors (Lipinski definition) is 1. The minimum Gasteiger partial charge on any atom is -0.302 e. The van der Waals surface area contributed by atoms with Crippen LogP contribution in [0.5, 0.6) is 0 Å². The Morgan fingerprint density at radius 3 is 2.38 bits per heavy atom. The van der Waals surface area contributed by atoms with Crippen molar-refractivity contribution in [1.82, 2.24) is 4.90 Å². The SMILES string of the molecule is CCN1CC2(CC2)C1. The highest BCUT2D eigenvalue weighted by atomic mass is 15.2. The van der Waals surface area contributed by atoms with E-state index in [1.807, 2.05) is 0 Å². The van der Waals surface area contributed by atoms with Crippen molar-refractivity contribution in [2.45, 2.75) is 19.8 Å². The lowest BCUT2D eigenvalue weighted by atomic mass is 9.97. The van der Waals surface area contributed by atoms with Gasteiger partial charge in [0, 0.05) is 13.1 Å². The molecule has 46 valence electrons. The van der Waals surface area contributed by atoms with Crippen LogP contribution in [0, 0.1) is 5.41 Å². The maximum Gasteiger partial charge on any atom is 0.00504 e. The monoisotopic (exact) mass is 111 g/mol. The summed E-state index contributed by atoms with van der Waals surface area (Å²) < 4.78 is 0. The van der Waals surface area contributed by atoms with Gasteiger partial charge in [-0.05, 0) is 24.8 Å². The van der Waals surface area contributed by atoms with Gasteiger partial charge in [-0.1, -0.05) is 6.92 Å². The summed E-state index contributed by atoms with van der Waals surface area (Å²) in [7, 11) is 0. The molecule has 8 heavy (non-hydrogen) atoms. The average Bonchev–Trinajstić information content (AvgIpc) is 2.38. The fourth-order valence-corrected chi connectivity index (χ4v) is 1.62. The third kappa shape index (κ3) is 0.510. The van der Waals surface area contributed by atoms with Crippen LogP contribution in [0.15, 0.2) is 0 Å². The minimum atomic E-state index is 0.871. The first-order chi connectivity index (χ1) is 3.85. The molecule has 0 bridgehead atoms. The van der Waals surface area contributed by atoms with Crippen molar-refractivity contribution in [2.24, 2.45) is 5.41 Å². The molecule has 2 aliphatic rings. The van der Waals surface area contributed by atoms with Crippen LogP contribution in [0.4, 0.5) is 0 Å². The summed E-state index contributed by atoms with van der Waals surface area (Å²) in [5.41, 5.74) is 0.871. The minimum absolute atomic E-state index is 0.871. The van der Waals surface area contributed by atoms with E-state index in [2.05, 4.69) is 11.8 Å². The quantitative estimate of drug-likeness (QED) is 0.490. The normalized spacial score (nSPS) is 32.6. The van der Waals surface area contributed by atoms with E-state index in [1.54, 1.807) is 0 Å². The number of hydrogen-bond donors (Lipinski definition) is 0. The van der Waals surface area contributed by atoms with Gasteiger partial charge in [-0.2, -0.15) is 0 Å². The number of nitrogens with zero attached hydrogens (tertiary/aromatic N) is 1. The molecule has 0 amide bonds. The van der Waals surface area contributed by atoms with E-state index in [0.29, 0.717) is 0 Å². The van der Waals surface area contributed by atoms with Crippen LogP contribution in [-0.2, 0) is 0 Å². The molecule has 1 spiro atoms. The molecular weight excluding hydrogens is 98.1 g/mol. The highest BCUT2D eigenvalue weighted by Gasteiger charge is 2.51. The van der Waals surface area contributed by atoms with Crippen LogP contribution < -0.4 is 0 Å². The molecule has 1 heteroatoms. The standard InChI is InChI=1S/C7H13N/c1-2-8-5-7(6-8)3-4-7/h2-6H2,1H3. The summed E-state index contributed by atoms with van der Waals surface area (Å²) in [6, 6.07) is 0. The van der Waals surface area contributed by atoms with E-state index >= 15 is 0 Å². The zero-order valence-corrected chi connectivity index (χ0v) is 5.48. The van der Waals surface area contributed by atoms with E-state index in [9.17, 15) is 0 Å². The van der Waals surface area contributed by atoms with Crippen LogP contribution in [0.1, 0.15) is 19.8 Å². The molecule has 1 aliphatic carbocycles. The molecule has 1 saturated heterocycles. The molecule has 2 fully saturated rings. The van der Waals surface area contributed by atoms with E-state index in [1.165, 1.54) is 32.5 Å². The van der Waals surface area contributed by atoms with Crippen LogP contribution in [0.3, 0.4) is 0 Å². The van der Waals surface area contributed by atoms with Crippen molar-refractivity contribution in [3.05, 3.63) is 0 Å².